The topological polar surface area (TPSA) is 96.5 Å². The first-order valence-electron chi connectivity index (χ1n) is 8.94. The van der Waals surface area contributed by atoms with Gasteiger partial charge in [-0.1, -0.05) is 18.2 Å². The van der Waals surface area contributed by atoms with Crippen LogP contribution in [0.1, 0.15) is 5.56 Å². The van der Waals surface area contributed by atoms with Gasteiger partial charge in [-0.05, 0) is 35.9 Å². The van der Waals surface area contributed by atoms with Crippen LogP contribution in [0, 0.1) is 0 Å². The number of aromatic nitrogens is 3. The van der Waals surface area contributed by atoms with Gasteiger partial charge in [-0.25, -0.2) is 4.98 Å². The molecule has 0 fully saturated rings. The van der Waals surface area contributed by atoms with E-state index in [0.29, 0.717) is 25.7 Å². The van der Waals surface area contributed by atoms with Crippen LogP contribution >= 0.6 is 0 Å². The van der Waals surface area contributed by atoms with Crippen molar-refractivity contribution in [3.63, 3.8) is 0 Å². The van der Waals surface area contributed by atoms with Crippen LogP contribution in [0.15, 0.2) is 59.9 Å². The SMILES string of the molecule is CN=C(NCCOc1ccc(OC)cc1)NCc1cccc(-c2ncn[nH]2)c1. The molecule has 2 aromatic carbocycles. The highest BCUT2D eigenvalue weighted by molar-refractivity contribution is 5.79. The summed E-state index contributed by atoms with van der Waals surface area (Å²) in [6.07, 6.45) is 1.50. The molecule has 3 rings (SSSR count). The number of nitrogens with zero attached hydrogens (tertiary/aromatic N) is 3. The van der Waals surface area contributed by atoms with Gasteiger partial charge in [-0.15, -0.1) is 0 Å². The first-order chi connectivity index (χ1) is 13.8. The quantitative estimate of drug-likeness (QED) is 0.315. The molecule has 1 aromatic heterocycles. The third-order valence-electron chi connectivity index (χ3n) is 4.02. The molecule has 3 N–H and O–H groups in total. The lowest BCUT2D eigenvalue weighted by Crippen LogP contribution is -2.38. The summed E-state index contributed by atoms with van der Waals surface area (Å²) in [5.41, 5.74) is 2.11. The normalized spacial score (nSPS) is 11.1. The lowest BCUT2D eigenvalue weighted by atomic mass is 10.1. The van der Waals surface area contributed by atoms with E-state index in [1.165, 1.54) is 6.33 Å². The molecule has 146 valence electrons. The van der Waals surface area contributed by atoms with Crippen LogP contribution in [0.2, 0.25) is 0 Å². The van der Waals surface area contributed by atoms with E-state index in [9.17, 15) is 0 Å². The Kier molecular flexibility index (Phi) is 6.84. The molecular weight excluding hydrogens is 356 g/mol. The molecule has 0 aliphatic carbocycles. The fourth-order valence-electron chi connectivity index (χ4n) is 2.59. The smallest absolute Gasteiger partial charge is 0.191 e. The van der Waals surface area contributed by atoms with E-state index >= 15 is 0 Å². The fraction of sp³-hybridized carbons (Fsp3) is 0.250. The van der Waals surface area contributed by atoms with Crippen LogP contribution in [0.25, 0.3) is 11.4 Å². The van der Waals surface area contributed by atoms with E-state index in [-0.39, 0.29) is 0 Å². The highest BCUT2D eigenvalue weighted by atomic mass is 16.5. The van der Waals surface area contributed by atoms with Gasteiger partial charge in [0.05, 0.1) is 13.7 Å². The Morgan fingerprint density at radius 3 is 2.64 bits per heavy atom. The maximum atomic E-state index is 5.70. The molecule has 0 atom stereocenters. The molecule has 8 heteroatoms. The van der Waals surface area contributed by atoms with Crippen LogP contribution in [0.3, 0.4) is 0 Å². The molecule has 0 saturated heterocycles. The van der Waals surface area contributed by atoms with E-state index < -0.39 is 0 Å². The minimum absolute atomic E-state index is 0.522. The second-order valence-corrected chi connectivity index (χ2v) is 5.91. The summed E-state index contributed by atoms with van der Waals surface area (Å²) in [6, 6.07) is 15.6. The van der Waals surface area contributed by atoms with Gasteiger partial charge in [0.25, 0.3) is 0 Å². The summed E-state index contributed by atoms with van der Waals surface area (Å²) in [5, 5.41) is 13.3. The van der Waals surface area contributed by atoms with Gasteiger partial charge in [0.2, 0.25) is 0 Å². The molecule has 3 aromatic rings. The molecule has 0 aliphatic heterocycles. The van der Waals surface area contributed by atoms with E-state index in [0.717, 1.165) is 28.5 Å². The van der Waals surface area contributed by atoms with Gasteiger partial charge in [-0.3, -0.25) is 10.1 Å². The van der Waals surface area contributed by atoms with Gasteiger partial charge >= 0.3 is 0 Å². The first kappa shape index (κ1) is 19.2. The number of benzene rings is 2. The standard InChI is InChI=1S/C20H24N6O2/c1-21-20(22-10-11-28-18-8-6-17(27-2)7-9-18)23-13-15-4-3-5-16(12-15)19-24-14-25-26-19/h3-9,12,14H,10-11,13H2,1-2H3,(H2,21,22,23)(H,24,25,26). The molecule has 0 amide bonds. The number of methoxy groups -OCH3 is 1. The second kappa shape index (κ2) is 9.96. The Balaban J connectivity index is 1.43. The number of aromatic amines is 1. The number of rotatable bonds is 8. The minimum Gasteiger partial charge on any atom is -0.497 e. The zero-order chi connectivity index (χ0) is 19.6. The summed E-state index contributed by atoms with van der Waals surface area (Å²) < 4.78 is 10.8. The van der Waals surface area contributed by atoms with Crippen LogP contribution < -0.4 is 20.1 Å². The molecule has 0 saturated carbocycles. The van der Waals surface area contributed by atoms with Crippen LogP contribution in [0.4, 0.5) is 0 Å². The molecule has 0 aliphatic rings. The van der Waals surface area contributed by atoms with Crippen molar-refractivity contribution in [2.24, 2.45) is 4.99 Å². The maximum Gasteiger partial charge on any atom is 0.191 e. The summed E-state index contributed by atoms with van der Waals surface area (Å²) >= 11 is 0. The molecule has 28 heavy (non-hydrogen) atoms. The number of ether oxygens (including phenoxy) is 2. The zero-order valence-electron chi connectivity index (χ0n) is 16.0. The number of nitrogens with one attached hydrogen (secondary N) is 3. The number of guanidine groups is 1. The van der Waals surface area contributed by atoms with Crippen LogP contribution in [-0.2, 0) is 6.54 Å². The van der Waals surface area contributed by atoms with Crippen molar-refractivity contribution in [3.05, 3.63) is 60.4 Å². The molecule has 0 bridgehead atoms. The Hall–Kier alpha value is -3.55. The van der Waals surface area contributed by atoms with Gasteiger partial charge in [0, 0.05) is 19.2 Å². The van der Waals surface area contributed by atoms with E-state index in [2.05, 4.69) is 36.9 Å². The monoisotopic (exact) mass is 380 g/mol. The van der Waals surface area contributed by atoms with Gasteiger partial charge in [0.1, 0.15) is 24.4 Å². The first-order valence-corrected chi connectivity index (χ1v) is 8.94. The van der Waals surface area contributed by atoms with Crippen molar-refractivity contribution >= 4 is 5.96 Å². The largest absolute Gasteiger partial charge is 0.497 e. The average molecular weight is 380 g/mol. The van der Waals surface area contributed by atoms with Crippen LogP contribution in [-0.4, -0.2) is 48.5 Å². The maximum absolute atomic E-state index is 5.70. The third-order valence-corrected chi connectivity index (χ3v) is 4.02. The third kappa shape index (κ3) is 5.47. The molecule has 1 heterocycles. The van der Waals surface area contributed by atoms with E-state index in [1.807, 2.05) is 42.5 Å². The zero-order valence-corrected chi connectivity index (χ0v) is 16.0. The number of aliphatic imine (C=N–C) groups is 1. The highest BCUT2D eigenvalue weighted by Crippen LogP contribution is 2.17. The van der Waals surface area contributed by atoms with Gasteiger partial charge in [0.15, 0.2) is 11.8 Å². The predicted octanol–water partition coefficient (Wildman–Crippen LogP) is 2.22. The Labute approximate surface area is 164 Å². The summed E-state index contributed by atoms with van der Waals surface area (Å²) in [5.74, 6) is 3.07. The Bertz CT molecular complexity index is 878. The number of hydrogen-bond donors (Lipinski definition) is 3. The molecule has 0 unspecified atom stereocenters. The molecule has 0 spiro atoms. The van der Waals surface area contributed by atoms with Crippen molar-refractivity contribution in [1.82, 2.24) is 25.8 Å². The number of H-pyrrole nitrogens is 1. The van der Waals surface area contributed by atoms with Crippen LogP contribution in [0.5, 0.6) is 11.5 Å². The molecular formula is C20H24N6O2. The minimum atomic E-state index is 0.522. The number of hydrogen-bond acceptors (Lipinski definition) is 5. The molecule has 8 nitrogen and oxygen atoms in total. The van der Waals surface area contributed by atoms with Gasteiger partial charge in [-0.2, -0.15) is 5.10 Å². The highest BCUT2D eigenvalue weighted by Gasteiger charge is 2.03. The lowest BCUT2D eigenvalue weighted by molar-refractivity contribution is 0.321. The van der Waals surface area contributed by atoms with Gasteiger partial charge < -0.3 is 20.1 Å². The van der Waals surface area contributed by atoms with Crippen molar-refractivity contribution in [2.45, 2.75) is 6.54 Å². The van der Waals surface area contributed by atoms with Crippen molar-refractivity contribution in [2.75, 3.05) is 27.3 Å². The molecule has 0 radical (unpaired) electrons. The summed E-state index contributed by atoms with van der Waals surface area (Å²) in [6.45, 7) is 1.79. The van der Waals surface area contributed by atoms with Crippen molar-refractivity contribution < 1.29 is 9.47 Å². The fourth-order valence-corrected chi connectivity index (χ4v) is 2.59. The summed E-state index contributed by atoms with van der Waals surface area (Å²) in [7, 11) is 3.38. The predicted molar refractivity (Wildman–Crippen MR) is 109 cm³/mol. The Morgan fingerprint density at radius 1 is 1.11 bits per heavy atom. The van der Waals surface area contributed by atoms with E-state index in [1.54, 1.807) is 14.2 Å². The lowest BCUT2D eigenvalue weighted by Gasteiger charge is -2.13. The summed E-state index contributed by atoms with van der Waals surface area (Å²) in [4.78, 5) is 8.42. The second-order valence-electron chi connectivity index (χ2n) is 5.91. The Morgan fingerprint density at radius 2 is 1.93 bits per heavy atom. The van der Waals surface area contributed by atoms with Crippen molar-refractivity contribution in [3.8, 4) is 22.9 Å². The van der Waals surface area contributed by atoms with E-state index in [4.69, 9.17) is 9.47 Å². The van der Waals surface area contributed by atoms with Crippen molar-refractivity contribution in [1.29, 1.82) is 0 Å². The average Bonchev–Trinajstić information content (AvgIpc) is 3.29.